The van der Waals surface area contributed by atoms with Crippen molar-refractivity contribution in [3.63, 3.8) is 0 Å². The minimum Gasteiger partial charge on any atom is -0.496 e. The molecular weight excluding hydrogens is 434 g/mol. The Morgan fingerprint density at radius 1 is 1.48 bits per heavy atom. The number of guanidine groups is 1. The van der Waals surface area contributed by atoms with Crippen LogP contribution in [-0.2, 0) is 0 Å². The lowest BCUT2D eigenvalue weighted by Crippen LogP contribution is -2.38. The van der Waals surface area contributed by atoms with Gasteiger partial charge in [-0.3, -0.25) is 0 Å². The number of carbonyl (C=O) groups is 1. The van der Waals surface area contributed by atoms with Crippen molar-refractivity contribution in [3.8, 4) is 5.75 Å². The Bertz CT molecular complexity index is 846. The number of nitrogens with zero attached hydrogens (tertiary/aromatic N) is 2. The van der Waals surface area contributed by atoms with Crippen molar-refractivity contribution in [2.24, 2.45) is 16.5 Å². The average molecular weight is 455 g/mol. The van der Waals surface area contributed by atoms with Crippen molar-refractivity contribution in [1.29, 1.82) is 0 Å². The van der Waals surface area contributed by atoms with E-state index in [4.69, 9.17) is 27.8 Å². The maximum absolute atomic E-state index is 12.3. The van der Waals surface area contributed by atoms with Crippen LogP contribution in [0.2, 0.25) is 5.02 Å². The maximum atomic E-state index is 12.3. The van der Waals surface area contributed by atoms with E-state index in [1.54, 1.807) is 30.2 Å². The molecule has 0 saturated carbocycles. The topological polar surface area (TPSA) is 106 Å². The molecule has 2 rings (SSSR count). The van der Waals surface area contributed by atoms with E-state index in [0.29, 0.717) is 46.1 Å². The Balaban J connectivity index is 2.54. The number of urea groups is 1. The van der Waals surface area contributed by atoms with Crippen molar-refractivity contribution >= 4 is 45.2 Å². The highest BCUT2D eigenvalue weighted by molar-refractivity contribution is 9.10. The smallest absolute Gasteiger partial charge is 0.318 e. The highest BCUT2D eigenvalue weighted by atomic mass is 79.9. The number of likely N-dealkylation sites (tertiary alicyclic amines) is 1. The molecule has 0 aromatic heterocycles. The highest BCUT2D eigenvalue weighted by Crippen LogP contribution is 2.38. The molecule has 0 radical (unpaired) electrons. The second kappa shape index (κ2) is 8.96. The first kappa shape index (κ1) is 20.9. The van der Waals surface area contributed by atoms with Crippen LogP contribution in [-0.4, -0.2) is 43.6 Å². The molecule has 1 fully saturated rings. The second-order valence-corrected chi connectivity index (χ2v) is 7.03. The van der Waals surface area contributed by atoms with Crippen LogP contribution in [0.5, 0.6) is 5.75 Å². The Labute approximate surface area is 171 Å². The van der Waals surface area contributed by atoms with Crippen molar-refractivity contribution < 1.29 is 9.53 Å². The van der Waals surface area contributed by atoms with Crippen LogP contribution < -0.4 is 21.5 Å². The molecule has 0 atom stereocenters. The van der Waals surface area contributed by atoms with Gasteiger partial charge >= 0.3 is 6.03 Å². The number of nitrogens with two attached hydrogens (primary N) is 2. The third kappa shape index (κ3) is 4.84. The van der Waals surface area contributed by atoms with Crippen LogP contribution >= 0.6 is 27.5 Å². The van der Waals surface area contributed by atoms with Crippen LogP contribution in [0.3, 0.4) is 0 Å². The first-order valence-corrected chi connectivity index (χ1v) is 9.13. The maximum Gasteiger partial charge on any atom is 0.318 e. The zero-order valence-electron chi connectivity index (χ0n) is 14.9. The molecule has 9 heteroatoms. The standard InChI is InChI=1S/C18H21BrClN5O2/c1-4-5-23-18(26)25-8-10(2)12(9-25)16(24-17(21)22)11-6-15(27-3)13(19)7-14(11)20/h4,6-7H,1-2,5,8-9H2,3H3,(H,23,26)(H4,21,22,24)/b16-12-. The predicted octanol–water partition coefficient (Wildman–Crippen LogP) is 2.86. The number of hydrogen-bond acceptors (Lipinski definition) is 3. The van der Waals surface area contributed by atoms with Gasteiger partial charge in [-0.15, -0.1) is 6.58 Å². The quantitative estimate of drug-likeness (QED) is 0.361. The van der Waals surface area contributed by atoms with Gasteiger partial charge in [-0.25, -0.2) is 9.79 Å². The lowest BCUT2D eigenvalue weighted by molar-refractivity contribution is 0.212. The molecule has 144 valence electrons. The summed E-state index contributed by atoms with van der Waals surface area (Å²) in [6.07, 6.45) is 1.61. The summed E-state index contributed by atoms with van der Waals surface area (Å²) in [6, 6.07) is 3.20. The Morgan fingerprint density at radius 3 is 2.78 bits per heavy atom. The zero-order chi connectivity index (χ0) is 20.1. The molecule has 0 spiro atoms. The number of rotatable bonds is 5. The molecule has 1 aromatic carbocycles. The van der Waals surface area contributed by atoms with E-state index >= 15 is 0 Å². The van der Waals surface area contributed by atoms with Crippen molar-refractivity contribution in [3.05, 3.63) is 57.6 Å². The van der Waals surface area contributed by atoms with Crippen LogP contribution in [0.1, 0.15) is 5.56 Å². The summed E-state index contributed by atoms with van der Waals surface area (Å²) in [5.74, 6) is 0.445. The van der Waals surface area contributed by atoms with Gasteiger partial charge in [0.1, 0.15) is 5.75 Å². The van der Waals surface area contributed by atoms with Crippen LogP contribution in [0, 0.1) is 0 Å². The van der Waals surface area contributed by atoms with Crippen LogP contribution in [0.25, 0.3) is 5.70 Å². The summed E-state index contributed by atoms with van der Waals surface area (Å²) >= 11 is 9.82. The summed E-state index contributed by atoms with van der Waals surface area (Å²) in [5, 5.41) is 3.17. The lowest BCUT2D eigenvalue weighted by atomic mass is 10.0. The fourth-order valence-corrected chi connectivity index (χ4v) is 3.52. The number of ether oxygens (including phenoxy) is 1. The van der Waals surface area contributed by atoms with Gasteiger partial charge < -0.3 is 26.4 Å². The van der Waals surface area contributed by atoms with Gasteiger partial charge in [0.15, 0.2) is 5.96 Å². The second-order valence-electron chi connectivity index (χ2n) is 5.76. The number of nitrogens with one attached hydrogen (secondary N) is 1. The number of hydrogen-bond donors (Lipinski definition) is 3. The molecule has 1 aliphatic rings. The van der Waals surface area contributed by atoms with E-state index in [1.165, 1.54) is 0 Å². The Kier molecular flexibility index (Phi) is 6.92. The molecule has 7 nitrogen and oxygen atoms in total. The minimum absolute atomic E-state index is 0.127. The van der Waals surface area contributed by atoms with E-state index < -0.39 is 0 Å². The predicted molar refractivity (Wildman–Crippen MR) is 113 cm³/mol. The number of methoxy groups -OCH3 is 1. The number of benzene rings is 1. The number of halogens is 2. The molecule has 1 aromatic rings. The monoisotopic (exact) mass is 453 g/mol. The molecule has 1 heterocycles. The summed E-state index contributed by atoms with van der Waals surface area (Å²) in [4.78, 5) is 18.1. The molecule has 2 amide bonds. The highest BCUT2D eigenvalue weighted by Gasteiger charge is 2.28. The molecular formula is C18H21BrClN5O2. The average Bonchev–Trinajstić information content (AvgIpc) is 2.99. The molecule has 1 aliphatic heterocycles. The van der Waals surface area contributed by atoms with Gasteiger partial charge in [0, 0.05) is 24.2 Å². The van der Waals surface area contributed by atoms with Gasteiger partial charge in [0.2, 0.25) is 0 Å². The van der Waals surface area contributed by atoms with Gasteiger partial charge in [-0.1, -0.05) is 24.3 Å². The van der Waals surface area contributed by atoms with E-state index in [9.17, 15) is 4.79 Å². The largest absolute Gasteiger partial charge is 0.496 e. The summed E-state index contributed by atoms with van der Waals surface area (Å²) in [6.45, 7) is 8.67. The third-order valence-electron chi connectivity index (χ3n) is 3.87. The number of amides is 2. The van der Waals surface area contributed by atoms with Gasteiger partial charge in [-0.05, 0) is 33.6 Å². The first-order chi connectivity index (χ1) is 12.8. The van der Waals surface area contributed by atoms with Crippen molar-refractivity contribution in [2.45, 2.75) is 0 Å². The summed E-state index contributed by atoms with van der Waals surface area (Å²) < 4.78 is 6.04. The fraction of sp³-hybridized carbons (Fsp3) is 0.222. The van der Waals surface area contributed by atoms with Crippen LogP contribution in [0.15, 0.2) is 52.0 Å². The SMILES string of the molecule is C=CCNC(=O)N1CC(=C)/C(=C(\N=C(N)N)c2cc(OC)c(Br)cc2Cl)C1. The zero-order valence-corrected chi connectivity index (χ0v) is 17.2. The van der Waals surface area contributed by atoms with E-state index in [1.807, 2.05) is 0 Å². The van der Waals surface area contributed by atoms with Crippen LogP contribution in [0.4, 0.5) is 4.79 Å². The molecule has 0 unspecified atom stereocenters. The molecule has 0 aliphatic carbocycles. The van der Waals surface area contributed by atoms with Crippen molar-refractivity contribution in [1.82, 2.24) is 10.2 Å². The molecule has 1 saturated heterocycles. The Morgan fingerprint density at radius 2 is 2.19 bits per heavy atom. The summed E-state index contributed by atoms with van der Waals surface area (Å²) in [7, 11) is 1.55. The van der Waals surface area contributed by atoms with Gasteiger partial charge in [0.25, 0.3) is 0 Å². The van der Waals surface area contributed by atoms with Gasteiger partial charge in [0.05, 0.1) is 28.8 Å². The lowest BCUT2D eigenvalue weighted by Gasteiger charge is -2.15. The normalized spacial score (nSPS) is 15.4. The van der Waals surface area contributed by atoms with Crippen molar-refractivity contribution in [2.75, 3.05) is 26.7 Å². The minimum atomic E-state index is -0.227. The molecule has 0 bridgehead atoms. The van der Waals surface area contributed by atoms with Gasteiger partial charge in [-0.2, -0.15) is 0 Å². The van der Waals surface area contributed by atoms with E-state index in [2.05, 4.69) is 39.4 Å². The Hall–Kier alpha value is -2.45. The first-order valence-electron chi connectivity index (χ1n) is 7.96. The fourth-order valence-electron chi connectivity index (χ4n) is 2.63. The number of carbonyl (C=O) groups excluding carboxylic acids is 1. The molecule has 27 heavy (non-hydrogen) atoms. The third-order valence-corrected chi connectivity index (χ3v) is 4.80. The van der Waals surface area contributed by atoms with E-state index in [-0.39, 0.29) is 12.0 Å². The van der Waals surface area contributed by atoms with E-state index in [0.717, 1.165) is 11.1 Å². The summed E-state index contributed by atoms with van der Waals surface area (Å²) in [5.41, 5.74) is 13.7. The molecule has 5 N–H and O–H groups in total. The number of aliphatic imine (C=N–C) groups is 1.